The molecule has 0 saturated carbocycles. The van der Waals surface area contributed by atoms with Crippen LogP contribution in [0.1, 0.15) is 70.4 Å². The second kappa shape index (κ2) is 18.9. The lowest BCUT2D eigenvalue weighted by atomic mass is 9.85. The fraction of sp³-hybridized carbons (Fsp3) is 0.564. The minimum Gasteiger partial charge on any atom is -0.508 e. The van der Waals surface area contributed by atoms with Gasteiger partial charge in [0.25, 0.3) is 0 Å². The van der Waals surface area contributed by atoms with E-state index in [0.717, 1.165) is 17.5 Å². The number of phenols is 1. The van der Waals surface area contributed by atoms with Crippen LogP contribution in [0, 0.1) is 11.8 Å². The van der Waals surface area contributed by atoms with Gasteiger partial charge in [0.2, 0.25) is 17.7 Å². The zero-order valence-corrected chi connectivity index (χ0v) is 30.3. The zero-order chi connectivity index (χ0) is 37.1. The van der Waals surface area contributed by atoms with Crippen molar-refractivity contribution in [2.24, 2.45) is 23.3 Å². The molecule has 12 heteroatoms. The first-order valence-electron chi connectivity index (χ1n) is 18.3. The standard InChI is InChI=1S/C39H56N6O6/c1-25(2)17-29(37(49)42-34(11-7-8-16-40)39(51)45-30-21-31(45)24-44(23-30)22-26(3)46)20-36(48)35(19-27-9-5-4-6-10-27)43-38(50)33(41)18-28-12-14-32(47)15-13-28/h4-6,9-10,12-15,25,29-31,33-35,47H,7-8,11,16-24,40-41H2,1-3H3,(H,42,49)(H,43,50). The Morgan fingerprint density at radius 2 is 1.49 bits per heavy atom. The van der Waals surface area contributed by atoms with Crippen molar-refractivity contribution in [2.45, 2.75) is 102 Å². The molecule has 3 saturated heterocycles. The summed E-state index contributed by atoms with van der Waals surface area (Å²) in [7, 11) is 0. The van der Waals surface area contributed by atoms with Crippen molar-refractivity contribution in [2.75, 3.05) is 26.2 Å². The number of nitrogens with zero attached hydrogens (tertiary/aromatic N) is 2. The number of carbonyl (C=O) groups excluding carboxylic acids is 5. The van der Waals surface area contributed by atoms with Gasteiger partial charge >= 0.3 is 0 Å². The number of rotatable bonds is 20. The van der Waals surface area contributed by atoms with Crippen LogP contribution in [-0.2, 0) is 36.8 Å². The number of nitrogens with two attached hydrogens (primary N) is 2. The number of phenolic OH excluding ortho intramolecular Hbond substituents is 1. The number of hydrogen-bond acceptors (Lipinski definition) is 9. The summed E-state index contributed by atoms with van der Waals surface area (Å²) in [6, 6.07) is 13.2. The monoisotopic (exact) mass is 704 g/mol. The maximum atomic E-state index is 14.1. The highest BCUT2D eigenvalue weighted by molar-refractivity contribution is 5.95. The Balaban J connectivity index is 1.47. The number of ketones is 2. The van der Waals surface area contributed by atoms with Crippen LogP contribution in [0.3, 0.4) is 0 Å². The Morgan fingerprint density at radius 3 is 2.10 bits per heavy atom. The molecule has 3 heterocycles. The van der Waals surface area contributed by atoms with Gasteiger partial charge in [-0.15, -0.1) is 0 Å². The summed E-state index contributed by atoms with van der Waals surface area (Å²) >= 11 is 0. The van der Waals surface area contributed by atoms with Crippen LogP contribution in [0.15, 0.2) is 54.6 Å². The molecule has 2 aromatic rings. The fourth-order valence-electron chi connectivity index (χ4n) is 7.31. The van der Waals surface area contributed by atoms with Gasteiger partial charge in [-0.25, -0.2) is 0 Å². The van der Waals surface area contributed by atoms with Crippen LogP contribution in [0.4, 0.5) is 0 Å². The van der Waals surface area contributed by atoms with E-state index in [1.807, 2.05) is 49.1 Å². The number of amides is 3. The Kier molecular flexibility index (Phi) is 14.7. The van der Waals surface area contributed by atoms with Gasteiger partial charge in [0.15, 0.2) is 5.78 Å². The van der Waals surface area contributed by atoms with Crippen LogP contribution in [0.2, 0.25) is 0 Å². The lowest BCUT2D eigenvalue weighted by Gasteiger charge is -2.57. The number of aromatic hydroxyl groups is 1. The average molecular weight is 705 g/mol. The zero-order valence-electron chi connectivity index (χ0n) is 30.3. The molecule has 6 atom stereocenters. The Hall–Kier alpha value is -4.13. The van der Waals surface area contributed by atoms with Gasteiger partial charge in [-0.1, -0.05) is 56.3 Å². The molecule has 3 fully saturated rings. The predicted octanol–water partition coefficient (Wildman–Crippen LogP) is 2.10. The summed E-state index contributed by atoms with van der Waals surface area (Å²) in [5.74, 6) is -1.70. The molecule has 0 aliphatic carbocycles. The molecular formula is C39H56N6O6. The molecule has 12 nitrogen and oxygen atoms in total. The van der Waals surface area contributed by atoms with Crippen LogP contribution in [0.25, 0.3) is 0 Å². The summed E-state index contributed by atoms with van der Waals surface area (Å²) in [6.45, 7) is 7.62. The van der Waals surface area contributed by atoms with E-state index >= 15 is 0 Å². The third-order valence-corrected chi connectivity index (χ3v) is 9.82. The molecular weight excluding hydrogens is 648 g/mol. The summed E-state index contributed by atoms with van der Waals surface area (Å²) in [4.78, 5) is 71.0. The second-order valence-corrected chi connectivity index (χ2v) is 14.8. The van der Waals surface area contributed by atoms with E-state index in [0.29, 0.717) is 51.9 Å². The molecule has 51 heavy (non-hydrogen) atoms. The van der Waals surface area contributed by atoms with Gasteiger partial charge in [-0.3, -0.25) is 28.9 Å². The van der Waals surface area contributed by atoms with E-state index in [1.165, 1.54) is 12.1 Å². The molecule has 0 aromatic heterocycles. The van der Waals surface area contributed by atoms with Gasteiger partial charge < -0.3 is 32.1 Å². The van der Waals surface area contributed by atoms with Crippen molar-refractivity contribution in [1.29, 1.82) is 0 Å². The molecule has 7 N–H and O–H groups in total. The number of hydrogen-bond donors (Lipinski definition) is 5. The first kappa shape index (κ1) is 39.7. The number of piperazine rings is 1. The first-order chi connectivity index (χ1) is 24.3. The van der Waals surface area contributed by atoms with Gasteiger partial charge in [0.05, 0.1) is 18.6 Å². The fourth-order valence-corrected chi connectivity index (χ4v) is 7.31. The van der Waals surface area contributed by atoms with Crippen molar-refractivity contribution >= 4 is 29.3 Å². The largest absolute Gasteiger partial charge is 0.508 e. The molecule has 3 aliphatic heterocycles. The highest BCUT2D eigenvalue weighted by Gasteiger charge is 2.49. The van der Waals surface area contributed by atoms with Gasteiger partial charge in [-0.05, 0) is 87.6 Å². The minimum absolute atomic E-state index is 0.000294. The molecule has 6 unspecified atom stereocenters. The maximum Gasteiger partial charge on any atom is 0.245 e. The quantitative estimate of drug-likeness (QED) is 0.129. The SMILES string of the molecule is CC(=O)CN1CC2CC(C1)N2C(=O)C(CCCCN)NC(=O)C(CC(=O)C(Cc1ccccc1)NC(=O)C(N)Cc1ccc(O)cc1)CC(C)C. The molecule has 278 valence electrons. The number of fused-ring (bicyclic) bond motifs is 2. The van der Waals surface area contributed by atoms with E-state index in [4.69, 9.17) is 11.5 Å². The topological polar surface area (TPSA) is 188 Å². The summed E-state index contributed by atoms with van der Waals surface area (Å²) in [6.07, 6.45) is 3.43. The Morgan fingerprint density at radius 1 is 0.863 bits per heavy atom. The molecule has 5 rings (SSSR count). The van der Waals surface area contributed by atoms with Crippen molar-refractivity contribution < 1.29 is 29.1 Å². The second-order valence-electron chi connectivity index (χ2n) is 14.8. The molecule has 0 spiro atoms. The van der Waals surface area contributed by atoms with E-state index < -0.39 is 30.0 Å². The third-order valence-electron chi connectivity index (χ3n) is 9.82. The van der Waals surface area contributed by atoms with E-state index in [1.54, 1.807) is 19.1 Å². The highest BCUT2D eigenvalue weighted by Crippen LogP contribution is 2.33. The smallest absolute Gasteiger partial charge is 0.245 e. The van der Waals surface area contributed by atoms with Crippen LogP contribution < -0.4 is 22.1 Å². The highest BCUT2D eigenvalue weighted by atomic mass is 16.3. The van der Waals surface area contributed by atoms with Gasteiger partial charge in [0, 0.05) is 37.5 Å². The molecule has 3 amide bonds. The molecule has 0 radical (unpaired) electrons. The normalized spacial score (nSPS) is 19.4. The number of piperidine rings is 1. The number of Topliss-reactive ketones (excluding diaryl/α,β-unsaturated/α-hetero) is 2. The lowest BCUT2D eigenvalue weighted by molar-refractivity contribution is -0.158. The van der Waals surface area contributed by atoms with E-state index in [2.05, 4.69) is 15.5 Å². The average Bonchev–Trinajstić information content (AvgIpc) is 3.08. The van der Waals surface area contributed by atoms with Crippen molar-refractivity contribution in [1.82, 2.24) is 20.4 Å². The number of benzene rings is 2. The maximum absolute atomic E-state index is 14.1. The number of unbranched alkanes of at least 4 members (excludes halogenated alkanes) is 1. The number of carbonyl (C=O) groups is 5. The predicted molar refractivity (Wildman–Crippen MR) is 195 cm³/mol. The lowest BCUT2D eigenvalue weighted by Crippen LogP contribution is -2.72. The van der Waals surface area contributed by atoms with Crippen LogP contribution in [-0.4, -0.2) is 101 Å². The minimum atomic E-state index is -0.939. The van der Waals surface area contributed by atoms with E-state index in [-0.39, 0.29) is 66.4 Å². The Bertz CT molecular complexity index is 1470. The third kappa shape index (κ3) is 11.7. The van der Waals surface area contributed by atoms with Crippen molar-refractivity contribution in [3.63, 3.8) is 0 Å². The molecule has 3 aliphatic rings. The summed E-state index contributed by atoms with van der Waals surface area (Å²) in [5, 5.41) is 15.5. The number of nitrogens with one attached hydrogen (secondary N) is 2. The Labute approximate surface area is 301 Å². The molecule has 2 bridgehead atoms. The van der Waals surface area contributed by atoms with Crippen molar-refractivity contribution in [3.8, 4) is 5.75 Å². The van der Waals surface area contributed by atoms with E-state index in [9.17, 15) is 29.1 Å². The van der Waals surface area contributed by atoms with Crippen LogP contribution >= 0.6 is 0 Å². The van der Waals surface area contributed by atoms with Crippen molar-refractivity contribution in [3.05, 3.63) is 65.7 Å². The van der Waals surface area contributed by atoms with Gasteiger partial charge in [0.1, 0.15) is 17.6 Å². The van der Waals surface area contributed by atoms with Crippen LogP contribution in [0.5, 0.6) is 5.75 Å². The summed E-state index contributed by atoms with van der Waals surface area (Å²) in [5.41, 5.74) is 13.6. The summed E-state index contributed by atoms with van der Waals surface area (Å²) < 4.78 is 0. The molecule has 2 aromatic carbocycles. The first-order valence-corrected chi connectivity index (χ1v) is 18.3. The van der Waals surface area contributed by atoms with Gasteiger partial charge in [-0.2, -0.15) is 0 Å².